The highest BCUT2D eigenvalue weighted by Gasteiger charge is 2.01. The third-order valence-electron chi connectivity index (χ3n) is 1.79. The molecule has 0 radical (unpaired) electrons. The van der Waals surface area contributed by atoms with Crippen molar-refractivity contribution in [2.75, 3.05) is 4.43 Å². The molecule has 0 saturated heterocycles. The van der Waals surface area contributed by atoms with Crippen LogP contribution in [0.3, 0.4) is 0 Å². The van der Waals surface area contributed by atoms with Crippen LogP contribution in [0.1, 0.15) is 45.4 Å². The summed E-state index contributed by atoms with van der Waals surface area (Å²) in [6.45, 7) is 2.27. The van der Waals surface area contributed by atoms with Gasteiger partial charge in [0.2, 0.25) is 0 Å². The van der Waals surface area contributed by atoms with Crippen molar-refractivity contribution in [2.24, 2.45) is 0 Å². The fourth-order valence-electron chi connectivity index (χ4n) is 1.06. The van der Waals surface area contributed by atoms with Crippen molar-refractivity contribution in [1.82, 2.24) is 0 Å². The normalized spacial score (nSPS) is 13.4. The highest BCUT2D eigenvalue weighted by molar-refractivity contribution is 14.1. The van der Waals surface area contributed by atoms with Crippen LogP contribution < -0.4 is 0 Å². The van der Waals surface area contributed by atoms with Gasteiger partial charge >= 0.3 is 0 Å². The lowest BCUT2D eigenvalue weighted by atomic mass is 10.1. The van der Waals surface area contributed by atoms with Crippen molar-refractivity contribution in [3.8, 4) is 0 Å². The number of hydrogen-bond donors (Lipinski definition) is 0. The minimum Gasteiger partial charge on any atom is -0.0863 e. The van der Waals surface area contributed by atoms with E-state index in [0.717, 1.165) is 3.92 Å². The molecule has 0 aliphatic rings. The molecule has 1 unspecified atom stereocenters. The average molecular weight is 380 g/mol. The van der Waals surface area contributed by atoms with E-state index in [1.165, 1.54) is 43.0 Å². The molecule has 0 saturated carbocycles. The zero-order chi connectivity index (χ0) is 8.53. The Morgan fingerprint density at radius 2 is 1.82 bits per heavy atom. The SMILES string of the molecule is CCCCCCC(I)CCI. The first kappa shape index (κ1) is 12.5. The van der Waals surface area contributed by atoms with E-state index in [9.17, 15) is 0 Å². The van der Waals surface area contributed by atoms with Crippen LogP contribution in [0.15, 0.2) is 0 Å². The summed E-state index contributed by atoms with van der Waals surface area (Å²) < 4.78 is 2.25. The van der Waals surface area contributed by atoms with E-state index in [1.807, 2.05) is 0 Å². The lowest BCUT2D eigenvalue weighted by Gasteiger charge is -2.06. The van der Waals surface area contributed by atoms with Gasteiger partial charge in [0.1, 0.15) is 0 Å². The van der Waals surface area contributed by atoms with Crippen molar-refractivity contribution >= 4 is 45.2 Å². The third-order valence-corrected chi connectivity index (χ3v) is 3.66. The Morgan fingerprint density at radius 3 is 2.36 bits per heavy atom. The zero-order valence-corrected chi connectivity index (χ0v) is 11.6. The van der Waals surface area contributed by atoms with Gasteiger partial charge in [-0.15, -0.1) is 0 Å². The van der Waals surface area contributed by atoms with Gasteiger partial charge < -0.3 is 0 Å². The number of alkyl halides is 2. The molecule has 0 amide bonds. The number of rotatable bonds is 7. The number of halogens is 2. The highest BCUT2D eigenvalue weighted by atomic mass is 127. The maximum Gasteiger partial charge on any atom is 0.0117 e. The van der Waals surface area contributed by atoms with Crippen molar-refractivity contribution in [3.05, 3.63) is 0 Å². The summed E-state index contributed by atoms with van der Waals surface area (Å²) in [6, 6.07) is 0. The molecular formula is C9H18I2. The predicted octanol–water partition coefficient (Wildman–Crippen LogP) is 4.59. The average Bonchev–Trinajstić information content (AvgIpc) is 1.99. The van der Waals surface area contributed by atoms with E-state index in [-0.39, 0.29) is 0 Å². The minimum atomic E-state index is 0.932. The van der Waals surface area contributed by atoms with E-state index < -0.39 is 0 Å². The summed E-state index contributed by atoms with van der Waals surface area (Å²) in [4.78, 5) is 0. The topological polar surface area (TPSA) is 0 Å². The van der Waals surface area contributed by atoms with Gasteiger partial charge in [-0.1, -0.05) is 77.8 Å². The molecule has 0 aromatic carbocycles. The molecule has 0 aliphatic carbocycles. The van der Waals surface area contributed by atoms with Gasteiger partial charge in [0.15, 0.2) is 0 Å². The Morgan fingerprint density at radius 1 is 1.09 bits per heavy atom. The first-order valence-electron chi connectivity index (χ1n) is 4.51. The first-order chi connectivity index (χ1) is 5.31. The minimum absolute atomic E-state index is 0.932. The molecule has 0 aromatic rings. The lowest BCUT2D eigenvalue weighted by molar-refractivity contribution is 0.622. The first-order valence-corrected chi connectivity index (χ1v) is 7.28. The second kappa shape index (κ2) is 9.55. The van der Waals surface area contributed by atoms with Crippen LogP contribution in [0.25, 0.3) is 0 Å². The fourth-order valence-corrected chi connectivity index (χ4v) is 3.75. The van der Waals surface area contributed by atoms with Gasteiger partial charge in [0, 0.05) is 8.35 Å². The number of hydrogen-bond acceptors (Lipinski definition) is 0. The zero-order valence-electron chi connectivity index (χ0n) is 7.28. The molecule has 0 aromatic heterocycles. The molecule has 0 fully saturated rings. The summed E-state index contributed by atoms with van der Waals surface area (Å²) in [5, 5.41) is 0. The third kappa shape index (κ3) is 9.37. The summed E-state index contributed by atoms with van der Waals surface area (Å²) in [5.41, 5.74) is 0. The van der Waals surface area contributed by atoms with Crippen LogP contribution in [0.2, 0.25) is 0 Å². The maximum atomic E-state index is 2.59. The summed E-state index contributed by atoms with van der Waals surface area (Å²) in [6.07, 6.45) is 8.50. The van der Waals surface area contributed by atoms with Crippen LogP contribution in [-0.2, 0) is 0 Å². The molecule has 2 heteroatoms. The molecule has 0 nitrogen and oxygen atoms in total. The Bertz CT molecular complexity index is 74.0. The van der Waals surface area contributed by atoms with Gasteiger partial charge in [0.25, 0.3) is 0 Å². The van der Waals surface area contributed by atoms with E-state index in [4.69, 9.17) is 0 Å². The second-order valence-electron chi connectivity index (χ2n) is 2.92. The maximum absolute atomic E-state index is 2.59. The monoisotopic (exact) mass is 380 g/mol. The Kier molecular flexibility index (Phi) is 10.8. The molecule has 0 rings (SSSR count). The van der Waals surface area contributed by atoms with Crippen LogP contribution >= 0.6 is 45.2 Å². The summed E-state index contributed by atoms with van der Waals surface area (Å²) in [5.74, 6) is 0. The molecule has 0 spiro atoms. The van der Waals surface area contributed by atoms with Crippen molar-refractivity contribution in [2.45, 2.75) is 49.4 Å². The Labute approximate surface area is 98.2 Å². The largest absolute Gasteiger partial charge is 0.0863 e. The smallest absolute Gasteiger partial charge is 0.0117 e. The number of unbranched alkanes of at least 4 members (excludes halogenated alkanes) is 3. The molecule has 0 N–H and O–H groups in total. The van der Waals surface area contributed by atoms with Gasteiger partial charge in [-0.3, -0.25) is 0 Å². The lowest BCUT2D eigenvalue weighted by Crippen LogP contribution is -1.97. The van der Waals surface area contributed by atoms with Gasteiger partial charge in [-0.25, -0.2) is 0 Å². The van der Waals surface area contributed by atoms with Crippen LogP contribution in [0, 0.1) is 0 Å². The van der Waals surface area contributed by atoms with Crippen LogP contribution in [-0.4, -0.2) is 8.35 Å². The van der Waals surface area contributed by atoms with Crippen molar-refractivity contribution < 1.29 is 0 Å². The van der Waals surface area contributed by atoms with E-state index >= 15 is 0 Å². The van der Waals surface area contributed by atoms with Crippen LogP contribution in [0.4, 0.5) is 0 Å². The van der Waals surface area contributed by atoms with Gasteiger partial charge in [-0.2, -0.15) is 0 Å². The molecular weight excluding hydrogens is 362 g/mol. The Balaban J connectivity index is 2.97. The van der Waals surface area contributed by atoms with Crippen molar-refractivity contribution in [3.63, 3.8) is 0 Å². The summed E-state index contributed by atoms with van der Waals surface area (Å²) in [7, 11) is 0. The van der Waals surface area contributed by atoms with E-state index in [2.05, 4.69) is 52.1 Å². The van der Waals surface area contributed by atoms with Crippen LogP contribution in [0.5, 0.6) is 0 Å². The molecule has 11 heavy (non-hydrogen) atoms. The standard InChI is InChI=1S/C9H18I2/c1-2-3-4-5-6-9(11)7-8-10/h9H,2-8H2,1H3. The fraction of sp³-hybridized carbons (Fsp3) is 1.00. The molecule has 0 heterocycles. The predicted molar refractivity (Wildman–Crippen MR) is 70.1 cm³/mol. The Hall–Kier alpha value is 1.46. The quantitative estimate of drug-likeness (QED) is 0.345. The highest BCUT2D eigenvalue weighted by Crippen LogP contribution is 2.16. The van der Waals surface area contributed by atoms with E-state index in [1.54, 1.807) is 0 Å². The molecule has 1 atom stereocenters. The van der Waals surface area contributed by atoms with Gasteiger partial charge in [0.05, 0.1) is 0 Å². The van der Waals surface area contributed by atoms with Crippen molar-refractivity contribution in [1.29, 1.82) is 0 Å². The summed E-state index contributed by atoms with van der Waals surface area (Å²) >= 11 is 5.05. The van der Waals surface area contributed by atoms with E-state index in [0.29, 0.717) is 0 Å². The molecule has 0 bridgehead atoms. The molecule has 0 aliphatic heterocycles. The van der Waals surface area contributed by atoms with Gasteiger partial charge in [-0.05, 0) is 12.8 Å². The second-order valence-corrected chi connectivity index (χ2v) is 5.76. The molecule has 68 valence electrons.